The lowest BCUT2D eigenvalue weighted by molar-refractivity contribution is -0.307. The molecule has 8 heteroatoms. The Morgan fingerprint density at radius 3 is 2.72 bits per heavy atom. The number of hydrogen-bond donors (Lipinski definition) is 1. The highest BCUT2D eigenvalue weighted by Gasteiger charge is 2.08. The average Bonchev–Trinajstić information content (AvgIpc) is 3.00. The molecule has 0 bridgehead atoms. The van der Waals surface area contributed by atoms with Crippen LogP contribution in [0.1, 0.15) is 5.56 Å². The van der Waals surface area contributed by atoms with Crippen LogP contribution in [0.25, 0.3) is 11.4 Å². The highest BCUT2D eigenvalue weighted by Crippen LogP contribution is 2.18. The molecule has 1 N–H and O–H groups in total. The first kappa shape index (κ1) is 16.6. The third-order valence-electron chi connectivity index (χ3n) is 3.26. The number of carboxylic acids is 1. The summed E-state index contributed by atoms with van der Waals surface area (Å²) in [6.07, 6.45) is 1.53. The van der Waals surface area contributed by atoms with Gasteiger partial charge in [-0.3, -0.25) is 0 Å². The molecule has 0 fully saturated rings. The van der Waals surface area contributed by atoms with Gasteiger partial charge in [-0.2, -0.15) is 14.9 Å². The van der Waals surface area contributed by atoms with Crippen molar-refractivity contribution in [2.45, 2.75) is 0 Å². The minimum atomic E-state index is -1.30. The van der Waals surface area contributed by atoms with Gasteiger partial charge in [0.1, 0.15) is 12.4 Å². The van der Waals surface area contributed by atoms with Gasteiger partial charge in [-0.1, -0.05) is 42.5 Å². The Morgan fingerprint density at radius 1 is 1.24 bits per heavy atom. The number of carbonyl (C=O) groups is 1. The lowest BCUT2D eigenvalue weighted by Crippen LogP contribution is -2.29. The van der Waals surface area contributed by atoms with Crippen molar-refractivity contribution in [1.82, 2.24) is 14.9 Å². The van der Waals surface area contributed by atoms with Gasteiger partial charge in [0.05, 0.1) is 12.2 Å². The molecule has 126 valence electrons. The van der Waals surface area contributed by atoms with Gasteiger partial charge in [-0.25, -0.2) is 5.10 Å². The van der Waals surface area contributed by atoms with Crippen molar-refractivity contribution in [3.8, 4) is 17.1 Å². The number of rotatable bonds is 6. The highest BCUT2D eigenvalue weighted by atomic mass is 32.1. The third-order valence-corrected chi connectivity index (χ3v) is 3.52. The van der Waals surface area contributed by atoms with E-state index in [1.165, 1.54) is 10.9 Å². The van der Waals surface area contributed by atoms with Crippen LogP contribution in [0, 0.1) is 4.77 Å². The molecule has 0 saturated heterocycles. The summed E-state index contributed by atoms with van der Waals surface area (Å²) in [5.74, 6) is -0.350. The number of aliphatic carboxylic acids is 1. The van der Waals surface area contributed by atoms with Gasteiger partial charge in [0.25, 0.3) is 0 Å². The third kappa shape index (κ3) is 3.99. The maximum atomic E-state index is 10.6. The summed E-state index contributed by atoms with van der Waals surface area (Å²) in [6.45, 7) is -0.536. The molecule has 0 spiro atoms. The van der Waals surface area contributed by atoms with Gasteiger partial charge in [0, 0.05) is 11.1 Å². The minimum absolute atomic E-state index is 0.336. The van der Waals surface area contributed by atoms with Gasteiger partial charge in [-0.05, 0) is 24.4 Å². The number of ether oxygens (including phenoxy) is 1. The van der Waals surface area contributed by atoms with Crippen LogP contribution in [0.5, 0.6) is 5.75 Å². The van der Waals surface area contributed by atoms with Gasteiger partial charge in [0.2, 0.25) is 4.77 Å². The summed E-state index contributed by atoms with van der Waals surface area (Å²) in [5, 5.41) is 21.8. The fourth-order valence-corrected chi connectivity index (χ4v) is 2.33. The number of nitrogens with zero attached hydrogens (tertiary/aromatic N) is 3. The molecule has 1 heterocycles. The molecule has 0 amide bonds. The molecule has 0 atom stereocenters. The molecular weight excluding hydrogens is 340 g/mol. The number of aromatic nitrogens is 3. The maximum Gasteiger partial charge on any atom is 0.216 e. The van der Waals surface area contributed by atoms with Gasteiger partial charge < -0.3 is 14.6 Å². The molecule has 2 aromatic carbocycles. The number of carboxylic acid groups (broad SMARTS) is 1. The molecule has 3 aromatic rings. The second-order valence-electron chi connectivity index (χ2n) is 4.97. The highest BCUT2D eigenvalue weighted by molar-refractivity contribution is 7.71. The van der Waals surface area contributed by atoms with Gasteiger partial charge in [-0.15, -0.1) is 0 Å². The Kier molecular flexibility index (Phi) is 5.00. The van der Waals surface area contributed by atoms with E-state index >= 15 is 0 Å². The summed E-state index contributed by atoms with van der Waals surface area (Å²) in [6, 6.07) is 16.4. The van der Waals surface area contributed by atoms with E-state index in [2.05, 4.69) is 15.3 Å². The number of hydrogen-bond acceptors (Lipinski definition) is 6. The zero-order valence-electron chi connectivity index (χ0n) is 13.0. The van der Waals surface area contributed by atoms with Crippen molar-refractivity contribution in [2.24, 2.45) is 5.10 Å². The van der Waals surface area contributed by atoms with Crippen LogP contribution >= 0.6 is 12.2 Å². The molecular formula is C17H13N4O3S-. The van der Waals surface area contributed by atoms with Crippen molar-refractivity contribution >= 4 is 24.4 Å². The average molecular weight is 353 g/mol. The first-order valence-corrected chi connectivity index (χ1v) is 7.75. The summed E-state index contributed by atoms with van der Waals surface area (Å²) in [4.78, 5) is 10.6. The quantitative estimate of drug-likeness (QED) is 0.537. The molecule has 25 heavy (non-hydrogen) atoms. The predicted octanol–water partition coefficient (Wildman–Crippen LogP) is 1.62. The van der Waals surface area contributed by atoms with Gasteiger partial charge >= 0.3 is 0 Å². The number of carbonyl (C=O) groups excluding carboxylic acids is 1. The smallest absolute Gasteiger partial charge is 0.216 e. The van der Waals surface area contributed by atoms with Crippen molar-refractivity contribution in [3.63, 3.8) is 0 Å². The summed E-state index contributed by atoms with van der Waals surface area (Å²) in [5.41, 5.74) is 1.46. The molecule has 1 aromatic heterocycles. The lowest BCUT2D eigenvalue weighted by atomic mass is 10.2. The monoisotopic (exact) mass is 353 g/mol. The number of H-pyrrole nitrogens is 1. The molecule has 0 aliphatic rings. The number of benzene rings is 2. The molecule has 0 aliphatic heterocycles. The van der Waals surface area contributed by atoms with E-state index in [9.17, 15) is 9.90 Å². The zero-order valence-corrected chi connectivity index (χ0v) is 13.8. The number of nitrogens with one attached hydrogen (secondary N) is 1. The van der Waals surface area contributed by atoms with E-state index in [1.54, 1.807) is 24.3 Å². The summed E-state index contributed by atoms with van der Waals surface area (Å²) < 4.78 is 7.02. The normalized spacial score (nSPS) is 10.9. The van der Waals surface area contributed by atoms with Crippen molar-refractivity contribution in [1.29, 1.82) is 0 Å². The Hall–Kier alpha value is -3.26. The molecule has 3 rings (SSSR count). The van der Waals surface area contributed by atoms with E-state index < -0.39 is 12.6 Å². The maximum absolute atomic E-state index is 10.6. The Bertz CT molecular complexity index is 963. The van der Waals surface area contributed by atoms with Crippen molar-refractivity contribution in [3.05, 3.63) is 64.9 Å². The van der Waals surface area contributed by atoms with Crippen LogP contribution in [0.2, 0.25) is 0 Å². The zero-order chi connectivity index (χ0) is 17.6. The topological polar surface area (TPSA) is 95.3 Å². The molecule has 0 aliphatic carbocycles. The number of aromatic amines is 1. The Labute approximate surface area is 148 Å². The second-order valence-corrected chi connectivity index (χ2v) is 5.36. The molecule has 0 saturated carbocycles. The van der Waals surface area contributed by atoms with E-state index in [4.69, 9.17) is 17.0 Å². The fraction of sp³-hybridized carbons (Fsp3) is 0.0588. The van der Waals surface area contributed by atoms with Gasteiger partial charge in [0.15, 0.2) is 5.82 Å². The largest absolute Gasteiger partial charge is 0.546 e. The van der Waals surface area contributed by atoms with Crippen LogP contribution in [-0.2, 0) is 4.79 Å². The first-order chi connectivity index (χ1) is 12.1. The number of para-hydroxylation sites is 1. The van der Waals surface area contributed by atoms with Crippen molar-refractivity contribution < 1.29 is 14.6 Å². The van der Waals surface area contributed by atoms with E-state index in [0.29, 0.717) is 21.9 Å². The minimum Gasteiger partial charge on any atom is -0.546 e. The Morgan fingerprint density at radius 2 is 1.96 bits per heavy atom. The van der Waals surface area contributed by atoms with E-state index in [-0.39, 0.29) is 0 Å². The van der Waals surface area contributed by atoms with E-state index in [0.717, 1.165) is 5.56 Å². The summed E-state index contributed by atoms with van der Waals surface area (Å²) >= 11 is 5.22. The van der Waals surface area contributed by atoms with Crippen LogP contribution in [-0.4, -0.2) is 33.7 Å². The lowest BCUT2D eigenvalue weighted by Gasteiger charge is -2.09. The van der Waals surface area contributed by atoms with Crippen LogP contribution < -0.4 is 9.84 Å². The predicted molar refractivity (Wildman–Crippen MR) is 92.8 cm³/mol. The Balaban J connectivity index is 1.93. The molecule has 7 nitrogen and oxygen atoms in total. The fourth-order valence-electron chi connectivity index (χ4n) is 2.15. The van der Waals surface area contributed by atoms with Crippen LogP contribution in [0.15, 0.2) is 59.7 Å². The summed E-state index contributed by atoms with van der Waals surface area (Å²) in [7, 11) is 0. The molecule has 0 unspecified atom stereocenters. The van der Waals surface area contributed by atoms with E-state index in [1.807, 2.05) is 30.3 Å². The van der Waals surface area contributed by atoms with Crippen LogP contribution in [0.3, 0.4) is 0 Å². The van der Waals surface area contributed by atoms with Crippen molar-refractivity contribution in [2.75, 3.05) is 6.61 Å². The molecule has 0 radical (unpaired) electrons. The van der Waals surface area contributed by atoms with Crippen LogP contribution in [0.4, 0.5) is 0 Å². The SMILES string of the molecule is O=C([O-])COc1ccccc1/C=N/n1c(-c2ccccc2)n[nH]c1=S. The first-order valence-electron chi connectivity index (χ1n) is 7.34. The standard InChI is InChI=1S/C17H14N4O3S/c22-15(23)11-24-14-9-5-4-8-13(14)10-18-21-16(19-20-17(21)25)12-6-2-1-3-7-12/h1-10H,11H2,(H,20,25)(H,22,23)/p-1/b18-10+. The second kappa shape index (κ2) is 7.54.